The maximum atomic E-state index is 12.8. The van der Waals surface area contributed by atoms with E-state index in [1.54, 1.807) is 0 Å². The summed E-state index contributed by atoms with van der Waals surface area (Å²) < 4.78 is 76.8. The maximum absolute atomic E-state index is 12.8. The van der Waals surface area contributed by atoms with Crippen LogP contribution >= 0.6 is 0 Å². The van der Waals surface area contributed by atoms with Crippen molar-refractivity contribution in [2.45, 2.75) is 0 Å². The first-order chi connectivity index (χ1) is 20.3. The molecule has 0 amide bonds. The zero-order valence-electron chi connectivity index (χ0n) is 21.7. The van der Waals surface area contributed by atoms with Gasteiger partial charge in [-0.1, -0.05) is 0 Å². The number of rotatable bonds is 3. The predicted octanol–water partition coefficient (Wildman–Crippen LogP) is 7.26. The molecular formula is C30H18CoF6N6+3. The fraction of sp³-hybridized carbons (Fsp3) is 0. The van der Waals surface area contributed by atoms with Crippen LogP contribution in [0.4, 0.5) is 26.3 Å². The monoisotopic (exact) mass is 635 g/mol. The second-order valence-electron chi connectivity index (χ2n) is 8.16. The first kappa shape index (κ1) is 32.5. The molecule has 0 saturated heterocycles. The van der Waals surface area contributed by atoms with Crippen molar-refractivity contribution in [3.8, 4) is 34.2 Å². The number of aromatic nitrogens is 6. The summed E-state index contributed by atoms with van der Waals surface area (Å²) >= 11 is 0. The van der Waals surface area contributed by atoms with Crippen molar-refractivity contribution in [3.63, 3.8) is 0 Å². The molecule has 216 valence electrons. The molecule has 13 heteroatoms. The van der Waals surface area contributed by atoms with Gasteiger partial charge >= 0.3 is 16.8 Å². The van der Waals surface area contributed by atoms with E-state index in [-0.39, 0.29) is 16.8 Å². The summed E-state index contributed by atoms with van der Waals surface area (Å²) in [7, 11) is 0. The largest absolute Gasteiger partial charge is 3.00 e. The van der Waals surface area contributed by atoms with Crippen molar-refractivity contribution >= 4 is 0 Å². The van der Waals surface area contributed by atoms with E-state index in [0.29, 0.717) is 34.2 Å². The molecule has 0 aliphatic carbocycles. The molecule has 6 rings (SSSR count). The van der Waals surface area contributed by atoms with Gasteiger partial charge in [-0.3, -0.25) is 29.9 Å². The second-order valence-corrected chi connectivity index (χ2v) is 8.16. The molecule has 0 radical (unpaired) electrons. The molecule has 0 unspecified atom stereocenters. The number of hydrogen-bond acceptors (Lipinski definition) is 6. The van der Waals surface area contributed by atoms with Crippen molar-refractivity contribution < 1.29 is 43.1 Å². The van der Waals surface area contributed by atoms with Crippen LogP contribution in [0.25, 0.3) is 34.2 Å². The van der Waals surface area contributed by atoms with Gasteiger partial charge in [-0.05, 0) is 36.4 Å². The van der Waals surface area contributed by atoms with E-state index in [9.17, 15) is 26.3 Å². The Morgan fingerprint density at radius 1 is 0.279 bits per heavy atom. The number of pyridine rings is 6. The number of hydrogen-bond donors (Lipinski definition) is 0. The van der Waals surface area contributed by atoms with Crippen LogP contribution in [0.1, 0.15) is 0 Å². The van der Waals surface area contributed by atoms with Crippen molar-refractivity contribution in [1.29, 1.82) is 0 Å². The summed E-state index contributed by atoms with van der Waals surface area (Å²) in [5.74, 6) is -2.49. The standard InChI is InChI=1S/3C10H6F2N2.Co/c3*11-7-1-3-13-9(5-7)10-6-8(12)2-4-14-10;/h3*1-6H;/q;;;+3. The van der Waals surface area contributed by atoms with E-state index < -0.39 is 34.9 Å². The van der Waals surface area contributed by atoms with Crippen LogP contribution in [-0.2, 0) is 16.8 Å². The molecular weight excluding hydrogens is 617 g/mol. The minimum Gasteiger partial charge on any atom is -0.254 e. The Bertz CT molecular complexity index is 1460. The summed E-state index contributed by atoms with van der Waals surface area (Å²) in [4.78, 5) is 23.3. The van der Waals surface area contributed by atoms with E-state index in [4.69, 9.17) is 0 Å². The van der Waals surface area contributed by atoms with Gasteiger partial charge in [0.25, 0.3) is 0 Å². The van der Waals surface area contributed by atoms with Crippen LogP contribution < -0.4 is 0 Å². The Balaban J connectivity index is 0.000000175. The SMILES string of the molecule is Fc1ccnc(-c2cc(F)ccn2)c1.Fc1ccnc(-c2cc(F)ccn2)c1.Fc1ccnc(-c2cc(F)ccn2)c1.[Co+3]. The molecule has 6 aromatic heterocycles. The molecule has 6 nitrogen and oxygen atoms in total. The van der Waals surface area contributed by atoms with E-state index in [2.05, 4.69) is 29.9 Å². The first-order valence-corrected chi connectivity index (χ1v) is 12.0. The number of nitrogens with zero attached hydrogens (tertiary/aromatic N) is 6. The van der Waals surface area contributed by atoms with Crippen molar-refractivity contribution in [2.75, 3.05) is 0 Å². The van der Waals surface area contributed by atoms with Crippen molar-refractivity contribution in [1.82, 2.24) is 29.9 Å². The number of halogens is 6. The fourth-order valence-electron chi connectivity index (χ4n) is 3.27. The van der Waals surface area contributed by atoms with Crippen LogP contribution in [0.3, 0.4) is 0 Å². The van der Waals surface area contributed by atoms with Crippen LogP contribution in [0.5, 0.6) is 0 Å². The predicted molar refractivity (Wildman–Crippen MR) is 142 cm³/mol. The van der Waals surface area contributed by atoms with Crippen LogP contribution in [0.2, 0.25) is 0 Å². The molecule has 6 heterocycles. The third-order valence-corrected chi connectivity index (χ3v) is 5.12. The van der Waals surface area contributed by atoms with Crippen LogP contribution in [-0.4, -0.2) is 29.9 Å². The van der Waals surface area contributed by atoms with Gasteiger partial charge < -0.3 is 0 Å². The molecule has 0 spiro atoms. The van der Waals surface area contributed by atoms with Gasteiger partial charge in [0.05, 0.1) is 34.2 Å². The molecule has 0 fully saturated rings. The average Bonchev–Trinajstić information content (AvgIpc) is 2.98. The van der Waals surface area contributed by atoms with Gasteiger partial charge in [0.1, 0.15) is 34.9 Å². The summed E-state index contributed by atoms with van der Waals surface area (Å²) in [5.41, 5.74) is 1.94. The molecule has 0 bridgehead atoms. The Hall–Kier alpha value is -5.01. The molecule has 0 N–H and O–H groups in total. The maximum Gasteiger partial charge on any atom is 3.00 e. The molecule has 0 saturated carbocycles. The van der Waals surface area contributed by atoms with Crippen LogP contribution in [0.15, 0.2) is 110 Å². The van der Waals surface area contributed by atoms with Gasteiger partial charge in [0.15, 0.2) is 0 Å². The van der Waals surface area contributed by atoms with E-state index in [1.807, 2.05) is 0 Å². The normalized spacial score (nSPS) is 9.91. The van der Waals surface area contributed by atoms with Crippen LogP contribution in [0, 0.1) is 34.9 Å². The Morgan fingerprint density at radius 3 is 0.535 bits per heavy atom. The average molecular weight is 635 g/mol. The third-order valence-electron chi connectivity index (χ3n) is 5.12. The van der Waals surface area contributed by atoms with Gasteiger partial charge in [0.2, 0.25) is 0 Å². The Kier molecular flexibility index (Phi) is 12.0. The third kappa shape index (κ3) is 10.1. The van der Waals surface area contributed by atoms with Gasteiger partial charge in [-0.25, -0.2) is 26.3 Å². The minimum atomic E-state index is -0.416. The molecule has 6 aromatic rings. The quantitative estimate of drug-likeness (QED) is 0.191. The Labute approximate surface area is 251 Å². The molecule has 0 aliphatic heterocycles. The Morgan fingerprint density at radius 2 is 0.419 bits per heavy atom. The summed E-state index contributed by atoms with van der Waals surface area (Å²) in [6.45, 7) is 0. The summed E-state index contributed by atoms with van der Waals surface area (Å²) in [6, 6.07) is 14.6. The minimum absolute atomic E-state index is 0. The molecule has 0 atom stereocenters. The smallest absolute Gasteiger partial charge is 0.254 e. The van der Waals surface area contributed by atoms with Gasteiger partial charge in [-0.2, -0.15) is 0 Å². The molecule has 43 heavy (non-hydrogen) atoms. The van der Waals surface area contributed by atoms with E-state index in [0.717, 1.165) is 0 Å². The molecule has 0 aromatic carbocycles. The van der Waals surface area contributed by atoms with Gasteiger partial charge in [0, 0.05) is 73.6 Å². The summed E-state index contributed by atoms with van der Waals surface area (Å²) in [5, 5.41) is 0. The topological polar surface area (TPSA) is 77.3 Å². The van der Waals surface area contributed by atoms with Gasteiger partial charge in [-0.15, -0.1) is 0 Å². The van der Waals surface area contributed by atoms with Crippen molar-refractivity contribution in [3.05, 3.63) is 145 Å². The zero-order valence-corrected chi connectivity index (χ0v) is 22.7. The fourth-order valence-corrected chi connectivity index (χ4v) is 3.27. The summed E-state index contributed by atoms with van der Waals surface area (Å²) in [6.07, 6.45) is 7.90. The van der Waals surface area contributed by atoms with E-state index >= 15 is 0 Å². The van der Waals surface area contributed by atoms with Crippen molar-refractivity contribution in [2.24, 2.45) is 0 Å². The zero-order chi connectivity index (χ0) is 29.9. The molecule has 0 aliphatic rings. The van der Waals surface area contributed by atoms with E-state index in [1.165, 1.54) is 110 Å². The first-order valence-electron chi connectivity index (χ1n) is 12.0. The second kappa shape index (κ2) is 15.8.